The van der Waals surface area contributed by atoms with Crippen LogP contribution in [0.4, 0.5) is 0 Å². The first-order valence-corrected chi connectivity index (χ1v) is 7.49. The number of aromatic nitrogens is 1. The van der Waals surface area contributed by atoms with Crippen molar-refractivity contribution in [2.24, 2.45) is 0 Å². The molecule has 1 heterocycles. The van der Waals surface area contributed by atoms with Crippen molar-refractivity contribution in [3.63, 3.8) is 0 Å². The standard InChI is InChI=1S/C11H11NO3S2/c1-15-10-9(8-6-4-3-5-7-8)11(16-12-10)17(2,13)14/h3-7H,1-2H3. The van der Waals surface area contributed by atoms with Crippen LogP contribution < -0.4 is 4.74 Å². The second kappa shape index (κ2) is 4.46. The van der Waals surface area contributed by atoms with Gasteiger partial charge in [0.05, 0.1) is 12.7 Å². The third kappa shape index (κ3) is 2.32. The highest BCUT2D eigenvalue weighted by Crippen LogP contribution is 2.38. The average molecular weight is 269 g/mol. The number of nitrogens with zero attached hydrogens (tertiary/aromatic N) is 1. The van der Waals surface area contributed by atoms with Crippen LogP contribution in [0, 0.1) is 0 Å². The van der Waals surface area contributed by atoms with Gasteiger partial charge in [-0.3, -0.25) is 0 Å². The lowest BCUT2D eigenvalue weighted by atomic mass is 10.1. The Labute approximate surface area is 104 Å². The molecule has 0 aliphatic rings. The fourth-order valence-electron chi connectivity index (χ4n) is 1.50. The first-order valence-electron chi connectivity index (χ1n) is 4.83. The molecule has 0 saturated carbocycles. The molecular weight excluding hydrogens is 258 g/mol. The van der Waals surface area contributed by atoms with Crippen molar-refractivity contribution < 1.29 is 13.2 Å². The largest absolute Gasteiger partial charge is 0.480 e. The van der Waals surface area contributed by atoms with Crippen molar-refractivity contribution in [1.29, 1.82) is 0 Å². The summed E-state index contributed by atoms with van der Waals surface area (Å²) in [5.41, 5.74) is 1.33. The highest BCUT2D eigenvalue weighted by molar-refractivity contribution is 7.92. The summed E-state index contributed by atoms with van der Waals surface area (Å²) in [6, 6.07) is 9.23. The highest BCUT2D eigenvalue weighted by atomic mass is 32.2. The van der Waals surface area contributed by atoms with E-state index in [0.29, 0.717) is 11.4 Å². The maximum absolute atomic E-state index is 11.7. The molecule has 0 amide bonds. The number of rotatable bonds is 3. The molecule has 90 valence electrons. The monoisotopic (exact) mass is 269 g/mol. The van der Waals surface area contributed by atoms with E-state index in [1.165, 1.54) is 13.4 Å². The number of benzene rings is 1. The van der Waals surface area contributed by atoms with Gasteiger partial charge < -0.3 is 4.74 Å². The van der Waals surface area contributed by atoms with Gasteiger partial charge in [0.25, 0.3) is 0 Å². The van der Waals surface area contributed by atoms with E-state index >= 15 is 0 Å². The van der Waals surface area contributed by atoms with E-state index in [0.717, 1.165) is 17.1 Å². The van der Waals surface area contributed by atoms with Gasteiger partial charge >= 0.3 is 0 Å². The van der Waals surface area contributed by atoms with E-state index in [1.807, 2.05) is 30.3 Å². The average Bonchev–Trinajstić information content (AvgIpc) is 2.73. The molecule has 0 aliphatic heterocycles. The quantitative estimate of drug-likeness (QED) is 0.857. The smallest absolute Gasteiger partial charge is 0.234 e. The SMILES string of the molecule is COc1nsc(S(C)(=O)=O)c1-c1ccccc1. The molecule has 0 atom stereocenters. The summed E-state index contributed by atoms with van der Waals surface area (Å²) in [4.78, 5) is 0. The molecule has 0 spiro atoms. The molecule has 0 unspecified atom stereocenters. The lowest BCUT2D eigenvalue weighted by Crippen LogP contribution is -1.96. The van der Waals surface area contributed by atoms with Crippen molar-refractivity contribution in [3.8, 4) is 17.0 Å². The molecule has 1 aromatic heterocycles. The Morgan fingerprint density at radius 2 is 1.88 bits per heavy atom. The zero-order valence-electron chi connectivity index (χ0n) is 9.38. The molecule has 6 heteroatoms. The van der Waals surface area contributed by atoms with Crippen molar-refractivity contribution in [3.05, 3.63) is 30.3 Å². The number of ether oxygens (including phenoxy) is 1. The lowest BCUT2D eigenvalue weighted by molar-refractivity contribution is 0.404. The summed E-state index contributed by atoms with van der Waals surface area (Å²) in [5.74, 6) is 0.349. The Morgan fingerprint density at radius 3 is 2.41 bits per heavy atom. The predicted molar refractivity (Wildman–Crippen MR) is 67.2 cm³/mol. The van der Waals surface area contributed by atoms with Crippen molar-refractivity contribution in [2.75, 3.05) is 13.4 Å². The van der Waals surface area contributed by atoms with Gasteiger partial charge in [-0.05, 0) is 17.1 Å². The van der Waals surface area contributed by atoms with Crippen molar-refractivity contribution >= 4 is 21.4 Å². The summed E-state index contributed by atoms with van der Waals surface area (Å²) in [7, 11) is -1.82. The van der Waals surface area contributed by atoms with Gasteiger partial charge in [0.15, 0.2) is 14.0 Å². The third-order valence-corrected chi connectivity index (χ3v) is 4.86. The van der Waals surface area contributed by atoms with Gasteiger partial charge in [0.2, 0.25) is 5.88 Å². The Kier molecular flexibility index (Phi) is 3.17. The predicted octanol–water partition coefficient (Wildman–Crippen LogP) is 2.22. The van der Waals surface area contributed by atoms with E-state index in [2.05, 4.69) is 4.37 Å². The van der Waals surface area contributed by atoms with Crippen LogP contribution in [0.15, 0.2) is 34.5 Å². The summed E-state index contributed by atoms with van der Waals surface area (Å²) < 4.78 is 32.7. The molecule has 17 heavy (non-hydrogen) atoms. The van der Waals surface area contributed by atoms with Crippen LogP contribution in [0.1, 0.15) is 0 Å². The van der Waals surface area contributed by atoms with Crippen molar-refractivity contribution in [2.45, 2.75) is 4.21 Å². The fraction of sp³-hybridized carbons (Fsp3) is 0.182. The molecule has 4 nitrogen and oxygen atoms in total. The molecule has 0 bridgehead atoms. The van der Waals surface area contributed by atoms with Crippen LogP contribution in [0.3, 0.4) is 0 Å². The van der Waals surface area contributed by atoms with Crippen LogP contribution in [0.2, 0.25) is 0 Å². The summed E-state index contributed by atoms with van der Waals surface area (Å²) in [5, 5.41) is 0. The Balaban J connectivity index is 2.71. The maximum atomic E-state index is 11.7. The molecule has 2 rings (SSSR count). The molecule has 0 N–H and O–H groups in total. The van der Waals surface area contributed by atoms with E-state index in [9.17, 15) is 8.42 Å². The lowest BCUT2D eigenvalue weighted by Gasteiger charge is -2.03. The molecule has 0 saturated heterocycles. The second-order valence-corrected chi connectivity index (χ2v) is 6.48. The van der Waals surface area contributed by atoms with Crippen LogP contribution in [-0.4, -0.2) is 26.2 Å². The topological polar surface area (TPSA) is 56.3 Å². The van der Waals surface area contributed by atoms with E-state index < -0.39 is 9.84 Å². The normalized spacial score (nSPS) is 11.4. The Bertz CT molecular complexity index is 617. The number of methoxy groups -OCH3 is 1. The van der Waals surface area contributed by atoms with Crippen LogP contribution in [0.25, 0.3) is 11.1 Å². The molecule has 0 fully saturated rings. The number of hydrogen-bond donors (Lipinski definition) is 0. The Morgan fingerprint density at radius 1 is 1.24 bits per heavy atom. The van der Waals surface area contributed by atoms with E-state index in [4.69, 9.17) is 4.74 Å². The van der Waals surface area contributed by atoms with Gasteiger partial charge in [-0.2, -0.15) is 4.37 Å². The zero-order chi connectivity index (χ0) is 12.5. The fourth-order valence-corrected chi connectivity index (χ4v) is 3.36. The Hall–Kier alpha value is -1.40. The first kappa shape index (κ1) is 12.1. The van der Waals surface area contributed by atoms with Crippen molar-refractivity contribution in [1.82, 2.24) is 4.37 Å². The molecular formula is C11H11NO3S2. The van der Waals surface area contributed by atoms with E-state index in [-0.39, 0.29) is 4.21 Å². The van der Waals surface area contributed by atoms with Crippen LogP contribution in [0.5, 0.6) is 5.88 Å². The van der Waals surface area contributed by atoms with E-state index in [1.54, 1.807) is 0 Å². The minimum atomic E-state index is -3.29. The maximum Gasteiger partial charge on any atom is 0.234 e. The number of sulfone groups is 1. The minimum absolute atomic E-state index is 0.237. The first-order chi connectivity index (χ1) is 8.04. The highest BCUT2D eigenvalue weighted by Gasteiger charge is 2.23. The second-order valence-electron chi connectivity index (χ2n) is 3.49. The third-order valence-electron chi connectivity index (χ3n) is 2.22. The van der Waals surface area contributed by atoms with Crippen LogP contribution in [-0.2, 0) is 9.84 Å². The summed E-state index contributed by atoms with van der Waals surface area (Å²) >= 11 is 0.940. The molecule has 2 aromatic rings. The molecule has 0 aliphatic carbocycles. The summed E-state index contributed by atoms with van der Waals surface area (Å²) in [6.45, 7) is 0. The minimum Gasteiger partial charge on any atom is -0.480 e. The number of hydrogen-bond acceptors (Lipinski definition) is 5. The molecule has 1 aromatic carbocycles. The van der Waals surface area contributed by atoms with Crippen LogP contribution >= 0.6 is 11.5 Å². The summed E-state index contributed by atoms with van der Waals surface area (Å²) in [6.07, 6.45) is 1.17. The van der Waals surface area contributed by atoms with Gasteiger partial charge in [-0.15, -0.1) is 0 Å². The van der Waals surface area contributed by atoms with Gasteiger partial charge in [0, 0.05) is 6.26 Å². The molecule has 0 radical (unpaired) electrons. The zero-order valence-corrected chi connectivity index (χ0v) is 11.0. The van der Waals surface area contributed by atoms with Gasteiger partial charge in [0.1, 0.15) is 0 Å². The van der Waals surface area contributed by atoms with Gasteiger partial charge in [-0.1, -0.05) is 30.3 Å². The van der Waals surface area contributed by atoms with Gasteiger partial charge in [-0.25, -0.2) is 8.42 Å².